The van der Waals surface area contributed by atoms with Crippen molar-refractivity contribution < 1.29 is 4.79 Å². The lowest BCUT2D eigenvalue weighted by Gasteiger charge is -2.11. The summed E-state index contributed by atoms with van der Waals surface area (Å²) in [5.74, 6) is 0.213. The highest BCUT2D eigenvalue weighted by Crippen LogP contribution is 1.99. The van der Waals surface area contributed by atoms with Gasteiger partial charge in [0.2, 0.25) is 0 Å². The number of ketones is 1. The molecule has 0 aliphatic heterocycles. The summed E-state index contributed by atoms with van der Waals surface area (Å²) in [7, 11) is 1.81. The van der Waals surface area contributed by atoms with Crippen LogP contribution in [0.1, 0.15) is 26.2 Å². The summed E-state index contributed by atoms with van der Waals surface area (Å²) in [4.78, 5) is 10.9. The van der Waals surface area contributed by atoms with Gasteiger partial charge in [-0.2, -0.15) is 0 Å². The van der Waals surface area contributed by atoms with Gasteiger partial charge in [-0.25, -0.2) is 0 Å². The molecule has 0 rings (SSSR count). The molecule has 0 saturated carbocycles. The molecular formula is C7H17BN2O. The Kier molecular flexibility index (Phi) is 6.17. The van der Waals surface area contributed by atoms with Gasteiger partial charge in [0, 0.05) is 0 Å². The second-order valence-corrected chi connectivity index (χ2v) is 2.74. The standard InChI is InChI=1S/C7H17BN2O/c1-6(11)7(10-8)4-2-3-5-9/h7,10H,2-5,8-9H2,1H3. The molecule has 0 fully saturated rings. The molecule has 0 aromatic carbocycles. The van der Waals surface area contributed by atoms with Gasteiger partial charge in [0.25, 0.3) is 0 Å². The molecule has 3 N–H and O–H groups in total. The van der Waals surface area contributed by atoms with E-state index in [9.17, 15) is 4.79 Å². The summed E-state index contributed by atoms with van der Waals surface area (Å²) in [5.41, 5.74) is 5.33. The lowest BCUT2D eigenvalue weighted by molar-refractivity contribution is -0.118. The minimum absolute atomic E-state index is 0.0292. The number of hydrogen-bond donors (Lipinski definition) is 2. The fraction of sp³-hybridized carbons (Fsp3) is 0.857. The first-order valence-corrected chi connectivity index (χ1v) is 4.10. The Bertz CT molecular complexity index is 119. The minimum Gasteiger partial charge on any atom is -0.353 e. The number of hydrogen-bond acceptors (Lipinski definition) is 3. The van der Waals surface area contributed by atoms with Crippen molar-refractivity contribution >= 4 is 13.8 Å². The molecule has 0 saturated heterocycles. The van der Waals surface area contributed by atoms with E-state index in [1.165, 1.54) is 0 Å². The third-order valence-corrected chi connectivity index (χ3v) is 1.79. The van der Waals surface area contributed by atoms with Gasteiger partial charge >= 0.3 is 0 Å². The Balaban J connectivity index is 3.44. The summed E-state index contributed by atoms with van der Waals surface area (Å²) in [6.45, 7) is 2.33. The van der Waals surface area contributed by atoms with Crippen LogP contribution in [0.3, 0.4) is 0 Å². The van der Waals surface area contributed by atoms with E-state index in [4.69, 9.17) is 5.73 Å². The van der Waals surface area contributed by atoms with Gasteiger partial charge in [-0.3, -0.25) is 4.79 Å². The predicted molar refractivity (Wildman–Crippen MR) is 49.1 cm³/mol. The SMILES string of the molecule is BNC(CCCCN)C(C)=O. The van der Waals surface area contributed by atoms with Crippen LogP contribution in [0, 0.1) is 0 Å². The van der Waals surface area contributed by atoms with Crippen LogP contribution in [0.5, 0.6) is 0 Å². The molecule has 0 aromatic heterocycles. The van der Waals surface area contributed by atoms with Gasteiger partial charge in [-0.15, -0.1) is 0 Å². The fourth-order valence-electron chi connectivity index (χ4n) is 1.04. The zero-order valence-electron chi connectivity index (χ0n) is 7.39. The van der Waals surface area contributed by atoms with E-state index >= 15 is 0 Å². The zero-order valence-corrected chi connectivity index (χ0v) is 7.39. The normalized spacial score (nSPS) is 12.9. The minimum atomic E-state index is 0.0292. The monoisotopic (exact) mass is 156 g/mol. The third-order valence-electron chi connectivity index (χ3n) is 1.79. The van der Waals surface area contributed by atoms with Crippen molar-refractivity contribution in [3.05, 3.63) is 0 Å². The predicted octanol–water partition coefficient (Wildman–Crippen LogP) is -0.789. The molecule has 0 aromatic rings. The smallest absolute Gasteiger partial charge is 0.182 e. The van der Waals surface area contributed by atoms with E-state index in [1.807, 2.05) is 7.98 Å². The van der Waals surface area contributed by atoms with Crippen LogP contribution in [-0.4, -0.2) is 26.4 Å². The van der Waals surface area contributed by atoms with E-state index in [0.717, 1.165) is 19.3 Å². The molecule has 1 atom stereocenters. The summed E-state index contributed by atoms with van der Waals surface area (Å²) < 4.78 is 0. The first kappa shape index (κ1) is 10.7. The molecule has 0 amide bonds. The molecule has 3 nitrogen and oxygen atoms in total. The van der Waals surface area contributed by atoms with Crippen molar-refractivity contribution in [3.63, 3.8) is 0 Å². The Labute approximate surface area is 69.2 Å². The average Bonchev–Trinajstić information content (AvgIpc) is 1.97. The van der Waals surface area contributed by atoms with Crippen molar-refractivity contribution in [2.75, 3.05) is 6.54 Å². The first-order chi connectivity index (χ1) is 5.22. The highest BCUT2D eigenvalue weighted by atomic mass is 16.1. The van der Waals surface area contributed by atoms with Crippen molar-refractivity contribution in [2.45, 2.75) is 32.2 Å². The molecule has 4 heteroatoms. The Morgan fingerprint density at radius 3 is 2.64 bits per heavy atom. The molecular weight excluding hydrogens is 139 g/mol. The number of nitrogens with one attached hydrogen (secondary N) is 1. The van der Waals surface area contributed by atoms with Gasteiger partial charge in [0.05, 0.1) is 6.04 Å². The van der Waals surface area contributed by atoms with Crippen LogP contribution >= 0.6 is 0 Å². The molecule has 0 aliphatic carbocycles. The number of nitrogens with two attached hydrogens (primary N) is 1. The lowest BCUT2D eigenvalue weighted by atomic mass is 10.0. The highest BCUT2D eigenvalue weighted by Gasteiger charge is 2.09. The Morgan fingerprint density at radius 1 is 1.64 bits per heavy atom. The molecule has 0 heterocycles. The van der Waals surface area contributed by atoms with Gasteiger partial charge in [0.15, 0.2) is 7.98 Å². The maximum absolute atomic E-state index is 10.9. The summed E-state index contributed by atoms with van der Waals surface area (Å²) in [6.07, 6.45) is 2.94. The summed E-state index contributed by atoms with van der Waals surface area (Å²) in [5, 5.41) is 2.97. The highest BCUT2D eigenvalue weighted by molar-refractivity contribution is 6.06. The third kappa shape index (κ3) is 4.98. The molecule has 0 spiro atoms. The topological polar surface area (TPSA) is 55.1 Å². The number of Topliss-reactive ketones (excluding diaryl/α,β-unsaturated/α-hetero) is 1. The van der Waals surface area contributed by atoms with Crippen LogP contribution in [0.25, 0.3) is 0 Å². The van der Waals surface area contributed by atoms with E-state index in [2.05, 4.69) is 5.23 Å². The molecule has 11 heavy (non-hydrogen) atoms. The van der Waals surface area contributed by atoms with Crippen LogP contribution in [0.4, 0.5) is 0 Å². The van der Waals surface area contributed by atoms with Crippen LogP contribution in [0.15, 0.2) is 0 Å². The molecule has 64 valence electrons. The van der Waals surface area contributed by atoms with E-state index in [-0.39, 0.29) is 11.8 Å². The number of carbonyl (C=O) groups excluding carboxylic acids is 1. The summed E-state index contributed by atoms with van der Waals surface area (Å²) >= 11 is 0. The molecule has 0 aliphatic rings. The van der Waals surface area contributed by atoms with Gasteiger partial charge < -0.3 is 11.0 Å². The van der Waals surface area contributed by atoms with Crippen LogP contribution in [0.2, 0.25) is 0 Å². The maximum Gasteiger partial charge on any atom is 0.182 e. The van der Waals surface area contributed by atoms with Gasteiger partial charge in [-0.1, -0.05) is 6.42 Å². The van der Waals surface area contributed by atoms with Crippen molar-refractivity contribution in [2.24, 2.45) is 5.73 Å². The Hall–Kier alpha value is -0.345. The van der Waals surface area contributed by atoms with E-state index in [0.29, 0.717) is 6.54 Å². The van der Waals surface area contributed by atoms with Crippen molar-refractivity contribution in [1.29, 1.82) is 0 Å². The Morgan fingerprint density at radius 2 is 2.27 bits per heavy atom. The first-order valence-electron chi connectivity index (χ1n) is 4.10. The van der Waals surface area contributed by atoms with Gasteiger partial charge in [-0.05, 0) is 26.3 Å². The van der Waals surface area contributed by atoms with E-state index in [1.54, 1.807) is 6.92 Å². The largest absolute Gasteiger partial charge is 0.353 e. The quantitative estimate of drug-likeness (QED) is 0.391. The average molecular weight is 156 g/mol. The number of rotatable bonds is 6. The van der Waals surface area contributed by atoms with E-state index < -0.39 is 0 Å². The lowest BCUT2D eigenvalue weighted by Crippen LogP contribution is -2.33. The summed E-state index contributed by atoms with van der Waals surface area (Å²) in [6, 6.07) is 0.0292. The van der Waals surface area contributed by atoms with Gasteiger partial charge in [0.1, 0.15) is 5.78 Å². The van der Waals surface area contributed by atoms with Crippen LogP contribution in [-0.2, 0) is 4.79 Å². The fourth-order valence-corrected chi connectivity index (χ4v) is 1.04. The molecule has 0 radical (unpaired) electrons. The number of carbonyl (C=O) groups is 1. The number of unbranched alkanes of at least 4 members (excludes halogenated alkanes) is 1. The maximum atomic E-state index is 10.9. The molecule has 0 bridgehead atoms. The van der Waals surface area contributed by atoms with Crippen LogP contribution < -0.4 is 11.0 Å². The van der Waals surface area contributed by atoms with Crippen molar-refractivity contribution in [3.8, 4) is 0 Å². The second-order valence-electron chi connectivity index (χ2n) is 2.74. The zero-order chi connectivity index (χ0) is 8.69. The molecule has 1 unspecified atom stereocenters. The second kappa shape index (κ2) is 6.37. The van der Waals surface area contributed by atoms with Crippen molar-refractivity contribution in [1.82, 2.24) is 5.23 Å².